The molecule has 0 aliphatic carbocycles. The van der Waals surface area contributed by atoms with Gasteiger partial charge in [0.2, 0.25) is 0 Å². The highest BCUT2D eigenvalue weighted by Crippen LogP contribution is 2.32. The largest absolute Gasteiger partial charge is 0.483 e. The molecule has 0 bridgehead atoms. The van der Waals surface area contributed by atoms with Crippen molar-refractivity contribution in [3.63, 3.8) is 0 Å². The van der Waals surface area contributed by atoms with Crippen LogP contribution in [0.2, 0.25) is 0 Å². The molecule has 140 valence electrons. The van der Waals surface area contributed by atoms with Crippen molar-refractivity contribution in [1.82, 2.24) is 10.3 Å². The second-order valence-electron chi connectivity index (χ2n) is 5.21. The Labute approximate surface area is 149 Å². The monoisotopic (exact) mass is 386 g/mol. The average Bonchev–Trinajstić information content (AvgIpc) is 2.60. The highest BCUT2D eigenvalue weighted by atomic mass is 32.2. The van der Waals surface area contributed by atoms with Crippen LogP contribution in [0.4, 0.5) is 23.7 Å². The molecule has 0 spiro atoms. The lowest BCUT2D eigenvalue weighted by Crippen LogP contribution is -2.32. The van der Waals surface area contributed by atoms with Gasteiger partial charge in [0.15, 0.2) is 9.73 Å². The molecule has 2 N–H and O–H groups in total. The van der Waals surface area contributed by atoms with E-state index in [1.807, 2.05) is 0 Å². The van der Waals surface area contributed by atoms with Crippen molar-refractivity contribution in [1.29, 1.82) is 0 Å². The number of amides is 2. The predicted octanol–water partition coefficient (Wildman–Crippen LogP) is 3.56. The van der Waals surface area contributed by atoms with E-state index in [0.717, 1.165) is 17.7 Å². The molecule has 2 amide bonds. The Morgan fingerprint density at radius 1 is 1.23 bits per heavy atom. The van der Waals surface area contributed by atoms with Crippen molar-refractivity contribution >= 4 is 21.4 Å². The third-order valence-electron chi connectivity index (χ3n) is 3.33. The Morgan fingerprint density at radius 3 is 2.54 bits per heavy atom. The molecule has 0 saturated carbocycles. The van der Waals surface area contributed by atoms with E-state index in [9.17, 15) is 22.2 Å². The number of urea groups is 1. The Kier molecular flexibility index (Phi) is 6.19. The summed E-state index contributed by atoms with van der Waals surface area (Å²) in [5.41, 5.74) is -3.75. The topological polar surface area (TPSA) is 83.4 Å². The number of alkyl halides is 3. The molecule has 1 unspecified atom stereocenters. The molecule has 0 radical (unpaired) electrons. The fourth-order valence-corrected chi connectivity index (χ4v) is 3.43. The molecule has 0 aliphatic heterocycles. The minimum atomic E-state index is -5.01. The van der Waals surface area contributed by atoms with Gasteiger partial charge in [0.25, 0.3) is 0 Å². The summed E-state index contributed by atoms with van der Waals surface area (Å²) >= 11 is 0. The summed E-state index contributed by atoms with van der Waals surface area (Å²) in [6.45, 7) is 1.11. The van der Waals surface area contributed by atoms with E-state index >= 15 is 0 Å². The summed E-state index contributed by atoms with van der Waals surface area (Å²) in [5, 5.41) is 4.89. The normalized spacial score (nSPS) is 13.5. The van der Waals surface area contributed by atoms with E-state index in [-0.39, 0.29) is 6.54 Å². The number of nitrogens with zero attached hydrogens (tertiary/aromatic N) is 2. The average molecular weight is 386 g/mol. The van der Waals surface area contributed by atoms with Gasteiger partial charge in [0.1, 0.15) is 0 Å². The highest BCUT2D eigenvalue weighted by molar-refractivity contribution is 7.94. The van der Waals surface area contributed by atoms with Crippen LogP contribution in [0, 0.1) is 6.92 Å². The van der Waals surface area contributed by atoms with Gasteiger partial charge in [-0.25, -0.2) is 13.4 Å². The molecule has 26 heavy (non-hydrogen) atoms. The molecular formula is C16H17F3N4O2S. The van der Waals surface area contributed by atoms with Gasteiger partial charge in [0, 0.05) is 12.7 Å². The number of carbonyl (C=O) groups excluding carboxylic acids is 1. The summed E-state index contributed by atoms with van der Waals surface area (Å²) < 4.78 is 55.4. The molecule has 1 aromatic heterocycles. The fourth-order valence-electron chi connectivity index (χ4n) is 1.99. The number of benzene rings is 1. The van der Waals surface area contributed by atoms with Crippen molar-refractivity contribution in [3.8, 4) is 0 Å². The SMILES string of the molecule is Cc1ccncc1NC(=O)NCCN=S(=O)(c1ccccc1)C(F)(F)F. The minimum absolute atomic E-state index is 0.203. The third kappa shape index (κ3) is 4.72. The van der Waals surface area contributed by atoms with Crippen LogP contribution in [-0.2, 0) is 9.73 Å². The van der Waals surface area contributed by atoms with E-state index < -0.39 is 32.7 Å². The number of anilines is 1. The number of rotatable bonds is 5. The standard InChI is InChI=1S/C16H17F3N4O2S/c1-12-7-8-20-11-14(12)23-15(24)21-9-10-22-26(25,16(17,18)19)13-5-3-2-4-6-13/h2-8,11H,9-10H2,1H3,(H2,21,23,24). The van der Waals surface area contributed by atoms with E-state index in [4.69, 9.17) is 0 Å². The maximum atomic E-state index is 13.2. The summed E-state index contributed by atoms with van der Waals surface area (Å²) in [6, 6.07) is 7.55. The highest BCUT2D eigenvalue weighted by Gasteiger charge is 2.44. The number of halogens is 3. The summed E-state index contributed by atoms with van der Waals surface area (Å²) in [6.07, 6.45) is 3.01. The van der Waals surface area contributed by atoms with Crippen LogP contribution in [0.15, 0.2) is 58.1 Å². The van der Waals surface area contributed by atoms with Crippen molar-refractivity contribution < 1.29 is 22.2 Å². The molecule has 6 nitrogen and oxygen atoms in total. The smallest absolute Gasteiger partial charge is 0.336 e. The van der Waals surface area contributed by atoms with Crippen molar-refractivity contribution in [3.05, 3.63) is 54.4 Å². The summed E-state index contributed by atoms with van der Waals surface area (Å²) in [5.74, 6) is 0. The summed E-state index contributed by atoms with van der Waals surface area (Å²) in [7, 11) is -4.60. The number of aryl methyl sites for hydroxylation is 1. The quantitative estimate of drug-likeness (QED) is 0.771. The van der Waals surface area contributed by atoms with Crippen molar-refractivity contribution in [2.24, 2.45) is 4.36 Å². The van der Waals surface area contributed by atoms with Crippen LogP contribution in [-0.4, -0.2) is 33.8 Å². The number of hydrogen-bond donors (Lipinski definition) is 2. The van der Waals surface area contributed by atoms with Gasteiger partial charge >= 0.3 is 11.5 Å². The lowest BCUT2D eigenvalue weighted by Gasteiger charge is -2.14. The lowest BCUT2D eigenvalue weighted by atomic mass is 10.2. The van der Waals surface area contributed by atoms with Gasteiger partial charge in [-0.1, -0.05) is 18.2 Å². The molecule has 1 atom stereocenters. The van der Waals surface area contributed by atoms with Crippen LogP contribution in [0.25, 0.3) is 0 Å². The molecule has 2 rings (SSSR count). The van der Waals surface area contributed by atoms with Gasteiger partial charge in [-0.15, -0.1) is 0 Å². The van der Waals surface area contributed by atoms with E-state index in [2.05, 4.69) is 20.0 Å². The summed E-state index contributed by atoms with van der Waals surface area (Å²) in [4.78, 5) is 15.2. The van der Waals surface area contributed by atoms with Crippen LogP contribution >= 0.6 is 0 Å². The molecule has 0 aliphatic rings. The first kappa shape index (κ1) is 19.7. The second-order valence-corrected chi connectivity index (χ2v) is 7.45. The first-order valence-corrected chi connectivity index (χ1v) is 9.05. The zero-order valence-corrected chi connectivity index (χ0v) is 14.6. The Hall–Kier alpha value is -2.62. The van der Waals surface area contributed by atoms with Gasteiger partial charge in [-0.2, -0.15) is 13.2 Å². The number of pyridine rings is 1. The number of aromatic nitrogens is 1. The van der Waals surface area contributed by atoms with Gasteiger partial charge in [-0.05, 0) is 30.7 Å². The van der Waals surface area contributed by atoms with E-state index in [1.54, 1.807) is 19.2 Å². The minimum Gasteiger partial charge on any atom is -0.336 e. The van der Waals surface area contributed by atoms with Crippen LogP contribution < -0.4 is 10.6 Å². The third-order valence-corrected chi connectivity index (χ3v) is 5.42. The predicted molar refractivity (Wildman–Crippen MR) is 92.2 cm³/mol. The van der Waals surface area contributed by atoms with Crippen LogP contribution in [0.1, 0.15) is 5.56 Å². The molecule has 2 aromatic rings. The van der Waals surface area contributed by atoms with Gasteiger partial charge in [-0.3, -0.25) is 4.98 Å². The Balaban J connectivity index is 2.02. The maximum Gasteiger partial charge on any atom is 0.483 e. The second kappa shape index (κ2) is 8.17. The van der Waals surface area contributed by atoms with Crippen LogP contribution in [0.3, 0.4) is 0 Å². The maximum absolute atomic E-state index is 13.2. The van der Waals surface area contributed by atoms with Crippen molar-refractivity contribution in [2.45, 2.75) is 17.3 Å². The molecule has 0 saturated heterocycles. The van der Waals surface area contributed by atoms with E-state index in [1.165, 1.54) is 24.4 Å². The van der Waals surface area contributed by atoms with Crippen molar-refractivity contribution in [2.75, 3.05) is 18.4 Å². The Bertz CT molecular complexity index is 879. The zero-order valence-electron chi connectivity index (χ0n) is 13.8. The fraction of sp³-hybridized carbons (Fsp3) is 0.250. The molecule has 1 aromatic carbocycles. The molecule has 0 fully saturated rings. The van der Waals surface area contributed by atoms with Gasteiger partial charge in [0.05, 0.1) is 23.3 Å². The first-order valence-electron chi connectivity index (χ1n) is 7.54. The first-order chi connectivity index (χ1) is 12.2. The number of carbonyl (C=O) groups is 1. The number of hydrogen-bond acceptors (Lipinski definition) is 4. The number of nitrogens with one attached hydrogen (secondary N) is 2. The lowest BCUT2D eigenvalue weighted by molar-refractivity contribution is -0.0403. The molecular weight excluding hydrogens is 369 g/mol. The molecule has 10 heteroatoms. The Morgan fingerprint density at radius 2 is 1.92 bits per heavy atom. The molecule has 1 heterocycles. The van der Waals surface area contributed by atoms with E-state index in [0.29, 0.717) is 5.69 Å². The van der Waals surface area contributed by atoms with Gasteiger partial charge < -0.3 is 10.6 Å². The van der Waals surface area contributed by atoms with Crippen LogP contribution in [0.5, 0.6) is 0 Å². The zero-order chi connectivity index (χ0) is 19.2.